The van der Waals surface area contributed by atoms with Gasteiger partial charge in [0, 0.05) is 12.8 Å². The molecule has 49 heavy (non-hydrogen) atoms. The van der Waals surface area contributed by atoms with Gasteiger partial charge in [0.1, 0.15) is 18.8 Å². The normalized spacial score (nSPS) is 21.3. The number of carbonyl (C=O) groups excluding carboxylic acids is 4. The van der Waals surface area contributed by atoms with Gasteiger partial charge in [0.2, 0.25) is 0 Å². The van der Waals surface area contributed by atoms with Crippen LogP contribution in [0.5, 0.6) is 0 Å². The molecular formula is C40H54O9. The summed E-state index contributed by atoms with van der Waals surface area (Å²) in [4.78, 5) is 50.8. The van der Waals surface area contributed by atoms with Crippen molar-refractivity contribution in [2.24, 2.45) is 23.7 Å². The van der Waals surface area contributed by atoms with Crippen molar-refractivity contribution in [1.82, 2.24) is 0 Å². The van der Waals surface area contributed by atoms with E-state index in [0.717, 1.165) is 11.1 Å². The number of hydrogen-bond donors (Lipinski definition) is 0. The van der Waals surface area contributed by atoms with Crippen molar-refractivity contribution < 1.29 is 42.9 Å². The van der Waals surface area contributed by atoms with E-state index in [1.165, 1.54) is 0 Å². The van der Waals surface area contributed by atoms with Gasteiger partial charge in [0.25, 0.3) is 0 Å². The molecule has 2 saturated carbocycles. The van der Waals surface area contributed by atoms with E-state index >= 15 is 0 Å². The Bertz CT molecular complexity index is 1340. The van der Waals surface area contributed by atoms with Crippen LogP contribution in [0.1, 0.15) is 103 Å². The molecule has 0 bridgehead atoms. The van der Waals surface area contributed by atoms with Crippen molar-refractivity contribution in [2.45, 2.75) is 116 Å². The molecule has 0 unspecified atom stereocenters. The number of esters is 4. The summed E-state index contributed by atoms with van der Waals surface area (Å²) in [7, 11) is 0. The van der Waals surface area contributed by atoms with Gasteiger partial charge in [-0.05, 0) is 90.2 Å². The second-order valence-corrected chi connectivity index (χ2v) is 14.7. The number of carbonyl (C=O) groups is 4. The number of ether oxygens (including phenoxy) is 5. The van der Waals surface area contributed by atoms with Gasteiger partial charge in [-0.2, -0.15) is 0 Å². The van der Waals surface area contributed by atoms with E-state index in [2.05, 4.69) is 0 Å². The van der Waals surface area contributed by atoms with Gasteiger partial charge >= 0.3 is 23.9 Å². The lowest BCUT2D eigenvalue weighted by atomic mass is 9.82. The van der Waals surface area contributed by atoms with Crippen molar-refractivity contribution in [2.75, 3.05) is 13.2 Å². The topological polar surface area (TPSA) is 114 Å². The maximum atomic E-state index is 13.0. The molecule has 0 aliphatic heterocycles. The van der Waals surface area contributed by atoms with E-state index in [9.17, 15) is 19.2 Å². The van der Waals surface area contributed by atoms with Gasteiger partial charge in [-0.1, -0.05) is 60.7 Å². The highest BCUT2D eigenvalue weighted by Gasteiger charge is 2.35. The Labute approximate surface area is 291 Å². The van der Waals surface area contributed by atoms with Crippen LogP contribution in [-0.2, 0) is 56.1 Å². The van der Waals surface area contributed by atoms with Crippen LogP contribution in [0.2, 0.25) is 0 Å². The van der Waals surface area contributed by atoms with Crippen LogP contribution in [0, 0.1) is 23.7 Å². The first-order valence-electron chi connectivity index (χ1n) is 17.9. The summed E-state index contributed by atoms with van der Waals surface area (Å²) in [5.74, 6) is -1.66. The molecule has 0 spiro atoms. The average Bonchev–Trinajstić information content (AvgIpc) is 3.10. The first-order chi connectivity index (χ1) is 23.4. The molecule has 2 aromatic rings. The zero-order chi connectivity index (χ0) is 35.3. The molecule has 2 aliphatic carbocycles. The van der Waals surface area contributed by atoms with Crippen molar-refractivity contribution in [3.63, 3.8) is 0 Å². The van der Waals surface area contributed by atoms with Gasteiger partial charge in [0.15, 0.2) is 0 Å². The Balaban J connectivity index is 1.06. The third kappa shape index (κ3) is 12.9. The van der Waals surface area contributed by atoms with Crippen molar-refractivity contribution in [3.05, 3.63) is 71.8 Å². The van der Waals surface area contributed by atoms with E-state index in [1.807, 2.05) is 88.4 Å². The molecule has 0 N–H and O–H groups in total. The average molecular weight is 679 g/mol. The van der Waals surface area contributed by atoms with Gasteiger partial charge in [0.05, 0.1) is 42.5 Å². The van der Waals surface area contributed by atoms with Gasteiger partial charge in [-0.3, -0.25) is 19.2 Å². The molecule has 268 valence electrons. The Morgan fingerprint density at radius 3 is 1.31 bits per heavy atom. The van der Waals surface area contributed by atoms with E-state index in [4.69, 9.17) is 23.7 Å². The Hall–Kier alpha value is -3.72. The molecule has 2 fully saturated rings. The smallest absolute Gasteiger partial charge is 0.309 e. The first kappa shape index (κ1) is 38.1. The van der Waals surface area contributed by atoms with Gasteiger partial charge in [-0.25, -0.2) is 0 Å². The monoisotopic (exact) mass is 678 g/mol. The molecule has 9 heteroatoms. The van der Waals surface area contributed by atoms with Gasteiger partial charge < -0.3 is 23.7 Å². The van der Waals surface area contributed by atoms with Crippen molar-refractivity contribution >= 4 is 23.9 Å². The fourth-order valence-electron chi connectivity index (χ4n) is 6.39. The minimum atomic E-state index is -0.710. The van der Waals surface area contributed by atoms with Crippen LogP contribution in [-0.4, -0.2) is 48.3 Å². The predicted octanol–water partition coefficient (Wildman–Crippen LogP) is 7.53. The molecule has 4 rings (SSSR count). The molecule has 0 saturated heterocycles. The third-order valence-corrected chi connectivity index (χ3v) is 9.76. The summed E-state index contributed by atoms with van der Waals surface area (Å²) < 4.78 is 28.6. The van der Waals surface area contributed by atoms with Crippen molar-refractivity contribution in [3.8, 4) is 0 Å². The molecule has 2 aromatic carbocycles. The Morgan fingerprint density at radius 2 is 0.878 bits per heavy atom. The highest BCUT2D eigenvalue weighted by molar-refractivity contribution is 5.76. The molecule has 9 nitrogen and oxygen atoms in total. The second kappa shape index (κ2) is 18.3. The van der Waals surface area contributed by atoms with Crippen LogP contribution in [0.15, 0.2) is 60.7 Å². The van der Waals surface area contributed by atoms with Crippen LogP contribution in [0.3, 0.4) is 0 Å². The quantitative estimate of drug-likeness (QED) is 0.131. The second-order valence-electron chi connectivity index (χ2n) is 14.7. The standard InChI is InChI=1S/C40H54O9/c1-39(2,23-25-45-35(41)31-15-17-32(18-16-31)36(42)46-27-29-11-7-5-8-12-29)48-26-24-40(3,4)49-38(44)34-21-19-33(20-22-34)37(43)47-28-30-13-9-6-10-14-30/h5-14,31-34H,15-28H2,1-4H3/t31-,32+,33-,34+. The van der Waals surface area contributed by atoms with Crippen molar-refractivity contribution in [1.29, 1.82) is 0 Å². The van der Waals surface area contributed by atoms with Crippen LogP contribution in [0.4, 0.5) is 0 Å². The van der Waals surface area contributed by atoms with Crippen LogP contribution >= 0.6 is 0 Å². The number of hydrogen-bond acceptors (Lipinski definition) is 9. The SMILES string of the molecule is CC(C)(CCOC(=O)[C@H]1CC[C@@H](C(=O)OCc2ccccc2)CC1)OCCC(C)(C)OC(=O)[C@H]1CC[C@@H](C(=O)OCc2ccccc2)CC1. The molecule has 2 aliphatic rings. The summed E-state index contributed by atoms with van der Waals surface area (Å²) in [6, 6.07) is 19.2. The van der Waals surface area contributed by atoms with Crippen LogP contribution in [0.25, 0.3) is 0 Å². The van der Waals surface area contributed by atoms with Gasteiger partial charge in [-0.15, -0.1) is 0 Å². The number of rotatable bonds is 16. The molecule has 0 amide bonds. The molecular weight excluding hydrogens is 624 g/mol. The lowest BCUT2D eigenvalue weighted by Gasteiger charge is -2.32. The maximum absolute atomic E-state index is 13.0. The van der Waals surface area contributed by atoms with E-state index in [1.54, 1.807) is 0 Å². The Kier molecular flexibility index (Phi) is 14.2. The lowest BCUT2D eigenvalue weighted by molar-refractivity contribution is -0.167. The first-order valence-corrected chi connectivity index (χ1v) is 17.9. The highest BCUT2D eigenvalue weighted by atomic mass is 16.6. The highest BCUT2D eigenvalue weighted by Crippen LogP contribution is 2.33. The number of benzene rings is 2. The predicted molar refractivity (Wildman–Crippen MR) is 184 cm³/mol. The summed E-state index contributed by atoms with van der Waals surface area (Å²) in [5, 5.41) is 0. The van der Waals surface area contributed by atoms with Crippen LogP contribution < -0.4 is 0 Å². The Morgan fingerprint density at radius 1 is 0.510 bits per heavy atom. The largest absolute Gasteiger partial charge is 0.465 e. The summed E-state index contributed by atoms with van der Waals surface area (Å²) >= 11 is 0. The summed E-state index contributed by atoms with van der Waals surface area (Å²) in [6.07, 6.45) is 5.93. The molecule has 0 radical (unpaired) electrons. The lowest BCUT2D eigenvalue weighted by Crippen LogP contribution is -2.36. The zero-order valence-electron chi connectivity index (χ0n) is 29.7. The minimum absolute atomic E-state index is 0.181. The maximum Gasteiger partial charge on any atom is 0.309 e. The summed E-state index contributed by atoms with van der Waals surface area (Å²) in [6.45, 7) is 8.82. The molecule has 0 aromatic heterocycles. The molecule has 0 heterocycles. The minimum Gasteiger partial charge on any atom is -0.465 e. The fraction of sp³-hybridized carbons (Fsp3) is 0.600. The summed E-state index contributed by atoms with van der Waals surface area (Å²) in [5.41, 5.74) is 0.668. The third-order valence-electron chi connectivity index (χ3n) is 9.76. The van der Waals surface area contributed by atoms with E-state index in [0.29, 0.717) is 70.8 Å². The zero-order valence-corrected chi connectivity index (χ0v) is 29.7. The van der Waals surface area contributed by atoms with E-state index in [-0.39, 0.29) is 67.4 Å². The molecule has 0 atom stereocenters. The van der Waals surface area contributed by atoms with E-state index < -0.39 is 11.2 Å². The fourth-order valence-corrected chi connectivity index (χ4v) is 6.39.